The van der Waals surface area contributed by atoms with Crippen molar-refractivity contribution in [1.82, 2.24) is 9.88 Å². The van der Waals surface area contributed by atoms with Crippen LogP contribution >= 0.6 is 0 Å². The van der Waals surface area contributed by atoms with Crippen LogP contribution in [0.15, 0.2) is 24.5 Å². The van der Waals surface area contributed by atoms with E-state index in [-0.39, 0.29) is 24.8 Å². The van der Waals surface area contributed by atoms with Crippen LogP contribution in [0, 0.1) is 0 Å². The van der Waals surface area contributed by atoms with Gasteiger partial charge >= 0.3 is 5.97 Å². The number of hydrogen-bond donors (Lipinski definition) is 1. The van der Waals surface area contributed by atoms with Crippen LogP contribution in [0.3, 0.4) is 0 Å². The Morgan fingerprint density at radius 3 is 2.94 bits per heavy atom. The molecule has 1 N–H and O–H groups in total. The highest BCUT2D eigenvalue weighted by Gasteiger charge is 2.29. The Kier molecular flexibility index (Phi) is 3.92. The molecule has 1 aromatic rings. The zero-order valence-corrected chi connectivity index (χ0v) is 10.1. The number of aromatic nitrogens is 1. The predicted octanol–water partition coefficient (Wildman–Crippen LogP) is 1.61. The molecule has 1 fully saturated rings. The maximum atomic E-state index is 12.0. The van der Waals surface area contributed by atoms with Crippen LogP contribution in [-0.4, -0.2) is 33.4 Å². The largest absolute Gasteiger partial charge is 0.481 e. The quantitative estimate of drug-likeness (QED) is 0.878. The Hall–Kier alpha value is -1.91. The highest BCUT2D eigenvalue weighted by atomic mass is 16.4. The fraction of sp³-hybridized carbons (Fsp3) is 0.462. The number of likely N-dealkylation sites (tertiary alicyclic amines) is 1. The topological polar surface area (TPSA) is 70.5 Å². The molecule has 2 rings (SSSR count). The number of carbonyl (C=O) groups excluding carboxylic acids is 1. The first-order valence-electron chi connectivity index (χ1n) is 6.09. The molecular formula is C13H16N2O3. The van der Waals surface area contributed by atoms with Gasteiger partial charge in [-0.05, 0) is 24.5 Å². The highest BCUT2D eigenvalue weighted by molar-refractivity contribution is 5.81. The summed E-state index contributed by atoms with van der Waals surface area (Å²) in [7, 11) is 0. The Bertz CT molecular complexity index is 433. The molecule has 2 heterocycles. The molecule has 0 bridgehead atoms. The van der Waals surface area contributed by atoms with Gasteiger partial charge in [-0.2, -0.15) is 0 Å². The number of rotatable bonds is 4. The van der Waals surface area contributed by atoms with Gasteiger partial charge in [-0.25, -0.2) is 0 Å². The Balaban J connectivity index is 2.03. The van der Waals surface area contributed by atoms with E-state index in [0.29, 0.717) is 6.54 Å². The molecule has 1 aliphatic rings. The minimum atomic E-state index is -0.930. The molecule has 1 amide bonds. The summed E-state index contributed by atoms with van der Waals surface area (Å²) in [6.45, 7) is 0.706. The van der Waals surface area contributed by atoms with Crippen molar-refractivity contribution in [2.45, 2.75) is 31.7 Å². The van der Waals surface area contributed by atoms with Crippen molar-refractivity contribution in [3.05, 3.63) is 30.1 Å². The van der Waals surface area contributed by atoms with Gasteiger partial charge in [0.2, 0.25) is 5.91 Å². The molecule has 0 saturated carbocycles. The van der Waals surface area contributed by atoms with E-state index in [4.69, 9.17) is 5.11 Å². The van der Waals surface area contributed by atoms with Gasteiger partial charge in [-0.15, -0.1) is 0 Å². The first kappa shape index (κ1) is 12.5. The average molecular weight is 248 g/mol. The number of carboxylic acids is 1. The van der Waals surface area contributed by atoms with Gasteiger partial charge in [0, 0.05) is 25.4 Å². The lowest BCUT2D eigenvalue weighted by Crippen LogP contribution is -2.30. The standard InChI is InChI=1S/C13H16N2O3/c16-12(5-6-13(17)18)15-8-2-4-11(15)10-3-1-7-14-9-10/h1,3,7,9,11H,2,4-6,8H2,(H,17,18). The van der Waals surface area contributed by atoms with Crippen molar-refractivity contribution >= 4 is 11.9 Å². The summed E-state index contributed by atoms with van der Waals surface area (Å²) in [5.74, 6) is -1.01. The number of pyridine rings is 1. The highest BCUT2D eigenvalue weighted by Crippen LogP contribution is 2.31. The molecule has 0 radical (unpaired) electrons. The lowest BCUT2D eigenvalue weighted by molar-refractivity contribution is -0.141. The van der Waals surface area contributed by atoms with Crippen LogP contribution in [0.1, 0.15) is 37.3 Å². The van der Waals surface area contributed by atoms with Crippen LogP contribution < -0.4 is 0 Å². The number of aliphatic carboxylic acids is 1. The molecule has 5 heteroatoms. The van der Waals surface area contributed by atoms with Crippen molar-refractivity contribution in [1.29, 1.82) is 0 Å². The normalized spacial score (nSPS) is 18.9. The van der Waals surface area contributed by atoms with Crippen LogP contribution in [0.5, 0.6) is 0 Å². The molecule has 1 unspecified atom stereocenters. The van der Waals surface area contributed by atoms with Gasteiger partial charge in [-0.3, -0.25) is 14.6 Å². The van der Waals surface area contributed by atoms with Gasteiger partial charge in [0.25, 0.3) is 0 Å². The molecule has 5 nitrogen and oxygen atoms in total. The second-order valence-corrected chi connectivity index (χ2v) is 4.43. The van der Waals surface area contributed by atoms with E-state index in [9.17, 15) is 9.59 Å². The zero-order valence-electron chi connectivity index (χ0n) is 10.1. The lowest BCUT2D eigenvalue weighted by Gasteiger charge is -2.24. The molecule has 1 atom stereocenters. The third-order valence-corrected chi connectivity index (χ3v) is 3.20. The number of amides is 1. The molecular weight excluding hydrogens is 232 g/mol. The Morgan fingerprint density at radius 2 is 2.28 bits per heavy atom. The number of nitrogens with zero attached hydrogens (tertiary/aromatic N) is 2. The van der Waals surface area contributed by atoms with Crippen LogP contribution in [-0.2, 0) is 9.59 Å². The second kappa shape index (κ2) is 5.62. The first-order chi connectivity index (χ1) is 8.68. The van der Waals surface area contributed by atoms with E-state index < -0.39 is 5.97 Å². The van der Waals surface area contributed by atoms with E-state index in [0.717, 1.165) is 18.4 Å². The molecule has 0 aliphatic carbocycles. The first-order valence-corrected chi connectivity index (χ1v) is 6.09. The van der Waals surface area contributed by atoms with Crippen molar-refractivity contribution in [2.24, 2.45) is 0 Å². The summed E-state index contributed by atoms with van der Waals surface area (Å²) in [5.41, 5.74) is 1.03. The Labute approximate surface area is 105 Å². The maximum absolute atomic E-state index is 12.0. The molecule has 0 aromatic carbocycles. The van der Waals surface area contributed by atoms with Gasteiger partial charge in [0.1, 0.15) is 0 Å². The monoisotopic (exact) mass is 248 g/mol. The van der Waals surface area contributed by atoms with Crippen molar-refractivity contribution in [3.63, 3.8) is 0 Å². The summed E-state index contributed by atoms with van der Waals surface area (Å²) in [6, 6.07) is 3.87. The van der Waals surface area contributed by atoms with E-state index in [1.54, 1.807) is 17.3 Å². The molecule has 0 spiro atoms. The molecule has 1 aliphatic heterocycles. The van der Waals surface area contributed by atoms with Gasteiger partial charge in [-0.1, -0.05) is 6.07 Å². The van der Waals surface area contributed by atoms with E-state index in [2.05, 4.69) is 4.98 Å². The van der Waals surface area contributed by atoms with Gasteiger partial charge in [0.15, 0.2) is 0 Å². The third-order valence-electron chi connectivity index (χ3n) is 3.20. The van der Waals surface area contributed by atoms with Gasteiger partial charge in [0.05, 0.1) is 12.5 Å². The summed E-state index contributed by atoms with van der Waals surface area (Å²) in [6.07, 6.45) is 5.33. The van der Waals surface area contributed by atoms with Crippen LogP contribution in [0.4, 0.5) is 0 Å². The van der Waals surface area contributed by atoms with Gasteiger partial charge < -0.3 is 10.0 Å². The summed E-state index contributed by atoms with van der Waals surface area (Å²) in [4.78, 5) is 28.3. The smallest absolute Gasteiger partial charge is 0.303 e. The number of hydrogen-bond acceptors (Lipinski definition) is 3. The van der Waals surface area contributed by atoms with Crippen LogP contribution in [0.25, 0.3) is 0 Å². The predicted molar refractivity (Wildman–Crippen MR) is 64.8 cm³/mol. The fourth-order valence-corrected chi connectivity index (χ4v) is 2.34. The third kappa shape index (κ3) is 2.85. The minimum Gasteiger partial charge on any atom is -0.481 e. The van der Waals surface area contributed by atoms with Crippen molar-refractivity contribution in [2.75, 3.05) is 6.54 Å². The van der Waals surface area contributed by atoms with E-state index in [1.165, 1.54) is 0 Å². The zero-order chi connectivity index (χ0) is 13.0. The number of carboxylic acid groups (broad SMARTS) is 1. The molecule has 96 valence electrons. The summed E-state index contributed by atoms with van der Waals surface area (Å²) >= 11 is 0. The fourth-order valence-electron chi connectivity index (χ4n) is 2.34. The van der Waals surface area contributed by atoms with Crippen molar-refractivity contribution in [3.8, 4) is 0 Å². The van der Waals surface area contributed by atoms with Crippen molar-refractivity contribution < 1.29 is 14.7 Å². The molecule has 1 saturated heterocycles. The minimum absolute atomic E-state index is 0.0556. The second-order valence-electron chi connectivity index (χ2n) is 4.43. The SMILES string of the molecule is O=C(O)CCC(=O)N1CCCC1c1cccnc1. The summed E-state index contributed by atoms with van der Waals surface area (Å²) in [5, 5.41) is 8.61. The number of carbonyl (C=O) groups is 2. The molecule has 18 heavy (non-hydrogen) atoms. The maximum Gasteiger partial charge on any atom is 0.303 e. The van der Waals surface area contributed by atoms with Crippen LogP contribution in [0.2, 0.25) is 0 Å². The van der Waals surface area contributed by atoms with E-state index >= 15 is 0 Å². The molecule has 1 aromatic heterocycles. The van der Waals surface area contributed by atoms with E-state index in [1.807, 2.05) is 12.1 Å². The average Bonchev–Trinajstić information content (AvgIpc) is 2.86. The summed E-state index contributed by atoms with van der Waals surface area (Å²) < 4.78 is 0. The lowest BCUT2D eigenvalue weighted by atomic mass is 10.1. The Morgan fingerprint density at radius 1 is 1.44 bits per heavy atom.